The van der Waals surface area contributed by atoms with Crippen molar-refractivity contribution in [3.05, 3.63) is 22.4 Å². The molecule has 20 heavy (non-hydrogen) atoms. The SMILES string of the molecule is CC(C)C(C)(O)CNC(=O)CCNC(=O)c1cccs1. The lowest BCUT2D eigenvalue weighted by Crippen LogP contribution is -2.44. The summed E-state index contributed by atoms with van der Waals surface area (Å²) in [7, 11) is 0. The first-order chi connectivity index (χ1) is 9.33. The van der Waals surface area contributed by atoms with E-state index in [4.69, 9.17) is 0 Å². The minimum Gasteiger partial charge on any atom is -0.388 e. The van der Waals surface area contributed by atoms with Gasteiger partial charge < -0.3 is 15.7 Å². The predicted molar refractivity (Wildman–Crippen MR) is 79.7 cm³/mol. The summed E-state index contributed by atoms with van der Waals surface area (Å²) in [4.78, 5) is 23.9. The van der Waals surface area contributed by atoms with Gasteiger partial charge in [-0.2, -0.15) is 0 Å². The van der Waals surface area contributed by atoms with Crippen LogP contribution in [0.3, 0.4) is 0 Å². The van der Waals surface area contributed by atoms with Gasteiger partial charge in [-0.3, -0.25) is 9.59 Å². The molecular formula is C14H22N2O3S. The average Bonchev–Trinajstić information content (AvgIpc) is 2.90. The van der Waals surface area contributed by atoms with Gasteiger partial charge in [0.25, 0.3) is 5.91 Å². The fourth-order valence-corrected chi connectivity index (χ4v) is 1.99. The van der Waals surface area contributed by atoms with Crippen molar-refractivity contribution in [2.45, 2.75) is 32.8 Å². The van der Waals surface area contributed by atoms with Crippen molar-refractivity contribution in [1.82, 2.24) is 10.6 Å². The van der Waals surface area contributed by atoms with Crippen molar-refractivity contribution < 1.29 is 14.7 Å². The topological polar surface area (TPSA) is 78.4 Å². The van der Waals surface area contributed by atoms with Gasteiger partial charge in [0.1, 0.15) is 0 Å². The zero-order chi connectivity index (χ0) is 15.2. The molecule has 0 fully saturated rings. The summed E-state index contributed by atoms with van der Waals surface area (Å²) in [5, 5.41) is 17.2. The number of thiophene rings is 1. The van der Waals surface area contributed by atoms with E-state index in [1.54, 1.807) is 19.1 Å². The average molecular weight is 298 g/mol. The maximum atomic E-state index is 11.6. The fraction of sp³-hybridized carbons (Fsp3) is 0.571. The van der Waals surface area contributed by atoms with Gasteiger partial charge in [-0.15, -0.1) is 11.3 Å². The van der Waals surface area contributed by atoms with E-state index in [2.05, 4.69) is 10.6 Å². The van der Waals surface area contributed by atoms with Gasteiger partial charge in [0.15, 0.2) is 0 Å². The van der Waals surface area contributed by atoms with Crippen LogP contribution in [0.4, 0.5) is 0 Å². The Morgan fingerprint density at radius 3 is 2.65 bits per heavy atom. The first-order valence-corrected chi connectivity index (χ1v) is 7.51. The lowest BCUT2D eigenvalue weighted by atomic mass is 9.92. The number of aliphatic hydroxyl groups is 1. The third-order valence-corrected chi connectivity index (χ3v) is 4.14. The molecule has 1 unspecified atom stereocenters. The highest BCUT2D eigenvalue weighted by Crippen LogP contribution is 2.14. The molecule has 0 aliphatic carbocycles. The van der Waals surface area contributed by atoms with E-state index in [-0.39, 0.29) is 37.2 Å². The van der Waals surface area contributed by atoms with Gasteiger partial charge in [-0.1, -0.05) is 19.9 Å². The molecule has 1 atom stereocenters. The summed E-state index contributed by atoms with van der Waals surface area (Å²) < 4.78 is 0. The summed E-state index contributed by atoms with van der Waals surface area (Å²) in [6.45, 7) is 5.98. The van der Waals surface area contributed by atoms with Gasteiger partial charge in [-0.25, -0.2) is 0 Å². The van der Waals surface area contributed by atoms with Gasteiger partial charge in [0.05, 0.1) is 10.5 Å². The number of hydrogen-bond acceptors (Lipinski definition) is 4. The molecule has 6 heteroatoms. The smallest absolute Gasteiger partial charge is 0.261 e. The molecule has 0 saturated heterocycles. The molecular weight excluding hydrogens is 276 g/mol. The van der Waals surface area contributed by atoms with E-state index in [9.17, 15) is 14.7 Å². The van der Waals surface area contributed by atoms with Gasteiger partial charge in [0.2, 0.25) is 5.91 Å². The maximum absolute atomic E-state index is 11.6. The van der Waals surface area contributed by atoms with Crippen LogP contribution in [0.2, 0.25) is 0 Å². The van der Waals surface area contributed by atoms with Gasteiger partial charge >= 0.3 is 0 Å². The number of carbonyl (C=O) groups excluding carboxylic acids is 2. The van der Waals surface area contributed by atoms with Crippen LogP contribution in [-0.2, 0) is 4.79 Å². The van der Waals surface area contributed by atoms with E-state index in [0.29, 0.717) is 4.88 Å². The van der Waals surface area contributed by atoms with Crippen LogP contribution in [0.5, 0.6) is 0 Å². The standard InChI is InChI=1S/C14H22N2O3S/c1-10(2)14(3,19)9-16-12(17)6-7-15-13(18)11-5-4-8-20-11/h4-5,8,10,19H,6-7,9H2,1-3H3,(H,15,18)(H,16,17). The second kappa shape index (κ2) is 7.40. The number of carbonyl (C=O) groups is 2. The van der Waals surface area contributed by atoms with Crippen molar-refractivity contribution in [2.24, 2.45) is 5.92 Å². The zero-order valence-electron chi connectivity index (χ0n) is 12.1. The molecule has 112 valence electrons. The monoisotopic (exact) mass is 298 g/mol. The molecule has 0 radical (unpaired) electrons. The Bertz CT molecular complexity index is 441. The molecule has 1 aromatic rings. The molecule has 0 aliphatic heterocycles. The predicted octanol–water partition coefficient (Wildman–Crippen LogP) is 1.39. The highest BCUT2D eigenvalue weighted by atomic mass is 32.1. The molecule has 1 rings (SSSR count). The number of rotatable bonds is 7. The van der Waals surface area contributed by atoms with Crippen LogP contribution >= 0.6 is 11.3 Å². The minimum atomic E-state index is -0.921. The second-order valence-corrected chi connectivity index (χ2v) is 6.22. The van der Waals surface area contributed by atoms with Crippen molar-refractivity contribution in [2.75, 3.05) is 13.1 Å². The van der Waals surface area contributed by atoms with Crippen molar-refractivity contribution in [3.63, 3.8) is 0 Å². The van der Waals surface area contributed by atoms with Gasteiger partial charge in [0, 0.05) is 19.5 Å². The normalized spacial score (nSPS) is 13.8. The lowest BCUT2D eigenvalue weighted by molar-refractivity contribution is -0.122. The summed E-state index contributed by atoms with van der Waals surface area (Å²) in [6.07, 6.45) is 0.200. The van der Waals surface area contributed by atoms with Crippen LogP contribution in [-0.4, -0.2) is 35.6 Å². The molecule has 0 aromatic carbocycles. The zero-order valence-corrected chi connectivity index (χ0v) is 12.9. The van der Waals surface area contributed by atoms with E-state index >= 15 is 0 Å². The van der Waals surface area contributed by atoms with E-state index < -0.39 is 5.60 Å². The Morgan fingerprint density at radius 1 is 1.40 bits per heavy atom. The first-order valence-electron chi connectivity index (χ1n) is 6.63. The molecule has 0 aliphatic rings. The third-order valence-electron chi connectivity index (χ3n) is 3.27. The summed E-state index contributed by atoms with van der Waals surface area (Å²) >= 11 is 1.36. The second-order valence-electron chi connectivity index (χ2n) is 5.27. The number of amides is 2. The summed E-state index contributed by atoms with van der Waals surface area (Å²) in [5.41, 5.74) is -0.921. The lowest BCUT2D eigenvalue weighted by Gasteiger charge is -2.27. The molecule has 1 heterocycles. The molecule has 3 N–H and O–H groups in total. The minimum absolute atomic E-state index is 0.0568. The Balaban J connectivity index is 2.22. The van der Waals surface area contributed by atoms with Crippen LogP contribution in [0.1, 0.15) is 36.9 Å². The first kappa shape index (κ1) is 16.7. The Labute approximate surface area is 123 Å². The highest BCUT2D eigenvalue weighted by Gasteiger charge is 2.25. The van der Waals surface area contributed by atoms with Crippen LogP contribution < -0.4 is 10.6 Å². The third kappa shape index (κ3) is 5.30. The van der Waals surface area contributed by atoms with Gasteiger partial charge in [-0.05, 0) is 24.3 Å². The highest BCUT2D eigenvalue weighted by molar-refractivity contribution is 7.12. The van der Waals surface area contributed by atoms with Crippen LogP contribution in [0, 0.1) is 5.92 Å². The molecule has 1 aromatic heterocycles. The molecule has 0 spiro atoms. The maximum Gasteiger partial charge on any atom is 0.261 e. The van der Waals surface area contributed by atoms with E-state index in [0.717, 1.165) is 0 Å². The van der Waals surface area contributed by atoms with Crippen LogP contribution in [0.15, 0.2) is 17.5 Å². The summed E-state index contributed by atoms with van der Waals surface area (Å²) in [6, 6.07) is 3.54. The molecule has 2 amide bonds. The van der Waals surface area contributed by atoms with Crippen molar-refractivity contribution >= 4 is 23.2 Å². The summed E-state index contributed by atoms with van der Waals surface area (Å²) in [5.74, 6) is -0.291. The largest absolute Gasteiger partial charge is 0.388 e. The Morgan fingerprint density at radius 2 is 2.10 bits per heavy atom. The Kier molecular flexibility index (Phi) is 6.16. The quantitative estimate of drug-likeness (QED) is 0.712. The number of nitrogens with one attached hydrogen (secondary N) is 2. The van der Waals surface area contributed by atoms with Crippen LogP contribution in [0.25, 0.3) is 0 Å². The fourth-order valence-electron chi connectivity index (χ4n) is 1.35. The molecule has 0 bridgehead atoms. The molecule has 0 saturated carbocycles. The van der Waals surface area contributed by atoms with Crippen molar-refractivity contribution in [3.8, 4) is 0 Å². The molecule has 5 nitrogen and oxygen atoms in total. The van der Waals surface area contributed by atoms with Crippen molar-refractivity contribution in [1.29, 1.82) is 0 Å². The number of hydrogen-bond donors (Lipinski definition) is 3. The van der Waals surface area contributed by atoms with E-state index in [1.807, 2.05) is 19.2 Å². The van der Waals surface area contributed by atoms with E-state index in [1.165, 1.54) is 11.3 Å². The Hall–Kier alpha value is -1.40.